The molecule has 1 aliphatic rings. The molecule has 1 aromatic carbocycles. The van der Waals surface area contributed by atoms with Crippen molar-refractivity contribution >= 4 is 10.0 Å². The maximum atomic E-state index is 12.7. The largest absolute Gasteiger partial charge is 0.213 e. The fourth-order valence-electron chi connectivity index (χ4n) is 2.22. The van der Waals surface area contributed by atoms with Gasteiger partial charge in [-0.05, 0) is 36.5 Å². The summed E-state index contributed by atoms with van der Waals surface area (Å²) >= 11 is 0. The van der Waals surface area contributed by atoms with Crippen molar-refractivity contribution in [3.63, 3.8) is 0 Å². The Labute approximate surface area is 101 Å². The Morgan fingerprint density at radius 2 is 2.00 bits per heavy atom. The highest BCUT2D eigenvalue weighted by Gasteiger charge is 2.28. The fraction of sp³-hybridized carbons (Fsp3) is 0.500. The molecule has 0 radical (unpaired) electrons. The minimum atomic E-state index is -3.06. The number of benzene rings is 1. The van der Waals surface area contributed by atoms with E-state index in [0.717, 1.165) is 18.4 Å². The van der Waals surface area contributed by atoms with E-state index in [-0.39, 0.29) is 5.82 Å². The van der Waals surface area contributed by atoms with Gasteiger partial charge >= 0.3 is 0 Å². The SMILES string of the molecule is CS(=O)(=O)N1CCC(Cc2ccc(F)cc2)C1. The smallest absolute Gasteiger partial charge is 0.211 e. The van der Waals surface area contributed by atoms with Gasteiger partial charge in [0.25, 0.3) is 0 Å². The molecule has 0 bridgehead atoms. The van der Waals surface area contributed by atoms with E-state index < -0.39 is 10.0 Å². The molecule has 0 spiro atoms. The summed E-state index contributed by atoms with van der Waals surface area (Å²) in [6.07, 6.45) is 2.93. The van der Waals surface area contributed by atoms with E-state index in [0.29, 0.717) is 19.0 Å². The third-order valence-electron chi connectivity index (χ3n) is 3.16. The molecule has 1 atom stereocenters. The molecule has 94 valence electrons. The lowest BCUT2D eigenvalue weighted by Crippen LogP contribution is -2.27. The molecule has 17 heavy (non-hydrogen) atoms. The van der Waals surface area contributed by atoms with Crippen LogP contribution in [0.3, 0.4) is 0 Å². The summed E-state index contributed by atoms with van der Waals surface area (Å²) in [6.45, 7) is 1.18. The first-order chi connectivity index (χ1) is 7.95. The molecule has 1 heterocycles. The van der Waals surface area contributed by atoms with E-state index in [9.17, 15) is 12.8 Å². The first kappa shape index (κ1) is 12.5. The molecule has 1 aromatic rings. The monoisotopic (exact) mass is 257 g/mol. The van der Waals surface area contributed by atoms with Crippen molar-refractivity contribution in [1.29, 1.82) is 0 Å². The highest BCUT2D eigenvalue weighted by Crippen LogP contribution is 2.22. The Kier molecular flexibility index (Phi) is 3.49. The Hall–Kier alpha value is -0.940. The van der Waals surface area contributed by atoms with E-state index in [1.54, 1.807) is 12.1 Å². The number of hydrogen-bond donors (Lipinski definition) is 0. The summed E-state index contributed by atoms with van der Waals surface area (Å²) in [6, 6.07) is 6.41. The van der Waals surface area contributed by atoms with Gasteiger partial charge in [-0.3, -0.25) is 0 Å². The summed E-state index contributed by atoms with van der Waals surface area (Å²) in [5.74, 6) is 0.105. The van der Waals surface area contributed by atoms with Crippen molar-refractivity contribution < 1.29 is 12.8 Å². The normalized spacial score (nSPS) is 21.9. The van der Waals surface area contributed by atoms with Crippen molar-refractivity contribution in [3.05, 3.63) is 35.6 Å². The summed E-state index contributed by atoms with van der Waals surface area (Å²) in [7, 11) is -3.06. The van der Waals surface area contributed by atoms with Crippen LogP contribution in [-0.2, 0) is 16.4 Å². The van der Waals surface area contributed by atoms with Gasteiger partial charge in [-0.25, -0.2) is 17.1 Å². The third kappa shape index (κ3) is 3.26. The summed E-state index contributed by atoms with van der Waals surface area (Å²) in [5.41, 5.74) is 1.06. The van der Waals surface area contributed by atoms with Crippen molar-refractivity contribution in [2.75, 3.05) is 19.3 Å². The first-order valence-corrected chi connectivity index (χ1v) is 7.49. The Morgan fingerprint density at radius 1 is 1.35 bits per heavy atom. The van der Waals surface area contributed by atoms with Crippen LogP contribution in [0.25, 0.3) is 0 Å². The standard InChI is InChI=1S/C12H16FNO2S/c1-17(15,16)14-7-6-11(9-14)8-10-2-4-12(13)5-3-10/h2-5,11H,6-9H2,1H3. The highest BCUT2D eigenvalue weighted by atomic mass is 32.2. The zero-order valence-corrected chi connectivity index (χ0v) is 10.6. The Morgan fingerprint density at radius 3 is 2.53 bits per heavy atom. The van der Waals surface area contributed by atoms with E-state index in [4.69, 9.17) is 0 Å². The van der Waals surface area contributed by atoms with Crippen LogP contribution in [0.15, 0.2) is 24.3 Å². The zero-order chi connectivity index (χ0) is 12.5. The lowest BCUT2D eigenvalue weighted by atomic mass is 9.99. The first-order valence-electron chi connectivity index (χ1n) is 5.65. The average Bonchev–Trinajstić information content (AvgIpc) is 2.69. The van der Waals surface area contributed by atoms with Gasteiger partial charge in [0.1, 0.15) is 5.82 Å². The zero-order valence-electron chi connectivity index (χ0n) is 9.77. The molecular formula is C12H16FNO2S. The van der Waals surface area contributed by atoms with Crippen molar-refractivity contribution in [2.24, 2.45) is 5.92 Å². The molecule has 1 saturated heterocycles. The average molecular weight is 257 g/mol. The van der Waals surface area contributed by atoms with Crippen LogP contribution in [0, 0.1) is 11.7 Å². The van der Waals surface area contributed by atoms with Crippen LogP contribution in [0.5, 0.6) is 0 Å². The van der Waals surface area contributed by atoms with Crippen LogP contribution in [0.1, 0.15) is 12.0 Å². The lowest BCUT2D eigenvalue weighted by Gasteiger charge is -2.13. The molecule has 0 saturated carbocycles. The van der Waals surface area contributed by atoms with Crippen LogP contribution < -0.4 is 0 Å². The molecular weight excluding hydrogens is 241 g/mol. The van der Waals surface area contributed by atoms with E-state index in [2.05, 4.69) is 0 Å². The van der Waals surface area contributed by atoms with E-state index in [1.165, 1.54) is 22.7 Å². The summed E-state index contributed by atoms with van der Waals surface area (Å²) in [4.78, 5) is 0. The minimum absolute atomic E-state index is 0.238. The number of sulfonamides is 1. The molecule has 1 aliphatic heterocycles. The van der Waals surface area contributed by atoms with Crippen LogP contribution in [0.4, 0.5) is 4.39 Å². The molecule has 5 heteroatoms. The second-order valence-electron chi connectivity index (χ2n) is 4.61. The van der Waals surface area contributed by atoms with Gasteiger partial charge < -0.3 is 0 Å². The van der Waals surface area contributed by atoms with Gasteiger partial charge in [-0.1, -0.05) is 12.1 Å². The predicted molar refractivity (Wildman–Crippen MR) is 64.6 cm³/mol. The highest BCUT2D eigenvalue weighted by molar-refractivity contribution is 7.88. The molecule has 2 rings (SSSR count). The van der Waals surface area contributed by atoms with E-state index >= 15 is 0 Å². The van der Waals surface area contributed by atoms with Crippen molar-refractivity contribution in [1.82, 2.24) is 4.31 Å². The second kappa shape index (κ2) is 4.74. The maximum absolute atomic E-state index is 12.7. The number of nitrogens with zero attached hydrogens (tertiary/aromatic N) is 1. The predicted octanol–water partition coefficient (Wildman–Crippen LogP) is 1.65. The lowest BCUT2D eigenvalue weighted by molar-refractivity contribution is 0.460. The molecule has 1 fully saturated rings. The number of halogens is 1. The minimum Gasteiger partial charge on any atom is -0.213 e. The quantitative estimate of drug-likeness (QED) is 0.825. The molecule has 1 unspecified atom stereocenters. The van der Waals surface area contributed by atoms with Gasteiger partial charge in [0.15, 0.2) is 0 Å². The molecule has 0 aromatic heterocycles. The Balaban J connectivity index is 1.96. The van der Waals surface area contributed by atoms with Gasteiger partial charge in [-0.15, -0.1) is 0 Å². The van der Waals surface area contributed by atoms with Crippen LogP contribution in [-0.4, -0.2) is 32.1 Å². The maximum Gasteiger partial charge on any atom is 0.211 e. The van der Waals surface area contributed by atoms with Gasteiger partial charge in [0.2, 0.25) is 10.0 Å². The topological polar surface area (TPSA) is 37.4 Å². The van der Waals surface area contributed by atoms with Crippen LogP contribution >= 0.6 is 0 Å². The van der Waals surface area contributed by atoms with E-state index in [1.807, 2.05) is 0 Å². The summed E-state index contributed by atoms with van der Waals surface area (Å²) < 4.78 is 37.0. The van der Waals surface area contributed by atoms with Crippen molar-refractivity contribution in [2.45, 2.75) is 12.8 Å². The molecule has 0 amide bonds. The third-order valence-corrected chi connectivity index (χ3v) is 4.42. The Bertz CT molecular complexity index is 484. The van der Waals surface area contributed by atoms with Gasteiger partial charge in [0, 0.05) is 13.1 Å². The molecule has 3 nitrogen and oxygen atoms in total. The second-order valence-corrected chi connectivity index (χ2v) is 6.59. The van der Waals surface area contributed by atoms with Crippen LogP contribution in [0.2, 0.25) is 0 Å². The molecule has 0 aliphatic carbocycles. The fourth-order valence-corrected chi connectivity index (χ4v) is 3.14. The van der Waals surface area contributed by atoms with Gasteiger partial charge in [0.05, 0.1) is 6.26 Å². The summed E-state index contributed by atoms with van der Waals surface area (Å²) in [5, 5.41) is 0. The van der Waals surface area contributed by atoms with Gasteiger partial charge in [-0.2, -0.15) is 0 Å². The number of hydrogen-bond acceptors (Lipinski definition) is 2. The van der Waals surface area contributed by atoms with Crippen molar-refractivity contribution in [3.8, 4) is 0 Å². The number of rotatable bonds is 3. The molecule has 0 N–H and O–H groups in total.